The first-order valence-corrected chi connectivity index (χ1v) is 10.4. The van der Waals surface area contributed by atoms with Gasteiger partial charge in [-0.3, -0.25) is 9.69 Å². The highest BCUT2D eigenvalue weighted by molar-refractivity contribution is 5.78. The first-order valence-electron chi connectivity index (χ1n) is 10.4. The van der Waals surface area contributed by atoms with Crippen LogP contribution in [0.15, 0.2) is 30.3 Å². The Labute approximate surface area is 167 Å². The fraction of sp³-hybridized carbons (Fsp3) is 0.636. The van der Waals surface area contributed by atoms with Gasteiger partial charge in [-0.1, -0.05) is 37.3 Å². The van der Waals surface area contributed by atoms with Crippen molar-refractivity contribution in [1.29, 1.82) is 0 Å². The molecule has 1 aromatic rings. The van der Waals surface area contributed by atoms with Crippen LogP contribution >= 0.6 is 0 Å². The molecule has 1 aliphatic carbocycles. The SMILES string of the molecule is CC(C[C@H](C)C(=O)N[C@@H]1CC[C@@H]2CN(Cc3ccccc3)C[C@@H]21)N(C)C(=O)O. The predicted octanol–water partition coefficient (Wildman–Crippen LogP) is 3.04. The lowest BCUT2D eigenvalue weighted by atomic mass is 9.96. The van der Waals surface area contributed by atoms with Crippen molar-refractivity contribution in [2.75, 3.05) is 20.1 Å². The highest BCUT2D eigenvalue weighted by atomic mass is 16.4. The van der Waals surface area contributed by atoms with E-state index in [1.807, 2.05) is 19.9 Å². The van der Waals surface area contributed by atoms with E-state index >= 15 is 0 Å². The zero-order chi connectivity index (χ0) is 20.3. The number of nitrogens with one attached hydrogen (secondary N) is 1. The molecule has 1 aliphatic heterocycles. The third kappa shape index (κ3) is 4.85. The van der Waals surface area contributed by atoms with Gasteiger partial charge in [-0.15, -0.1) is 0 Å². The second-order valence-electron chi connectivity index (χ2n) is 8.68. The minimum Gasteiger partial charge on any atom is -0.465 e. The average Bonchev–Trinajstić information content (AvgIpc) is 3.22. The van der Waals surface area contributed by atoms with E-state index in [1.54, 1.807) is 7.05 Å². The summed E-state index contributed by atoms with van der Waals surface area (Å²) in [7, 11) is 1.55. The molecule has 2 N–H and O–H groups in total. The van der Waals surface area contributed by atoms with E-state index in [-0.39, 0.29) is 23.9 Å². The normalized spacial score (nSPS) is 26.5. The molecule has 154 valence electrons. The summed E-state index contributed by atoms with van der Waals surface area (Å²) in [5.74, 6) is 1.05. The number of carbonyl (C=O) groups excluding carboxylic acids is 1. The number of nitrogens with zero attached hydrogens (tertiary/aromatic N) is 2. The number of carboxylic acid groups (broad SMARTS) is 1. The molecule has 2 amide bonds. The van der Waals surface area contributed by atoms with Crippen LogP contribution in [0.5, 0.6) is 0 Å². The Balaban J connectivity index is 1.50. The van der Waals surface area contributed by atoms with Crippen LogP contribution in [0.2, 0.25) is 0 Å². The molecule has 1 aromatic carbocycles. The van der Waals surface area contributed by atoms with E-state index < -0.39 is 6.09 Å². The largest absolute Gasteiger partial charge is 0.465 e. The van der Waals surface area contributed by atoms with E-state index in [0.29, 0.717) is 18.3 Å². The number of carbonyl (C=O) groups is 2. The van der Waals surface area contributed by atoms with Gasteiger partial charge in [0.05, 0.1) is 0 Å². The molecule has 0 spiro atoms. The smallest absolute Gasteiger partial charge is 0.407 e. The van der Waals surface area contributed by atoms with E-state index in [1.165, 1.54) is 16.9 Å². The second kappa shape index (κ2) is 8.95. The van der Waals surface area contributed by atoms with Gasteiger partial charge >= 0.3 is 6.09 Å². The molecule has 0 bridgehead atoms. The highest BCUT2D eigenvalue weighted by Crippen LogP contribution is 2.38. The van der Waals surface area contributed by atoms with Gasteiger partial charge in [0.2, 0.25) is 5.91 Å². The maximum absolute atomic E-state index is 12.7. The monoisotopic (exact) mass is 387 g/mol. The Bertz CT molecular complexity index is 681. The fourth-order valence-corrected chi connectivity index (χ4v) is 4.80. The lowest BCUT2D eigenvalue weighted by Gasteiger charge is -2.26. The zero-order valence-corrected chi connectivity index (χ0v) is 17.2. The van der Waals surface area contributed by atoms with Crippen molar-refractivity contribution in [2.24, 2.45) is 17.8 Å². The molecule has 6 heteroatoms. The number of hydrogen-bond acceptors (Lipinski definition) is 3. The van der Waals surface area contributed by atoms with Gasteiger partial charge in [-0.05, 0) is 43.6 Å². The first kappa shape index (κ1) is 20.6. The van der Waals surface area contributed by atoms with Gasteiger partial charge in [-0.25, -0.2) is 4.79 Å². The first-order chi connectivity index (χ1) is 13.3. The molecule has 0 aromatic heterocycles. The number of hydrogen-bond donors (Lipinski definition) is 2. The Hall–Kier alpha value is -2.08. The summed E-state index contributed by atoms with van der Waals surface area (Å²) in [6.07, 6.45) is 1.81. The van der Waals surface area contributed by atoms with Gasteiger partial charge in [0.15, 0.2) is 0 Å². The van der Waals surface area contributed by atoms with Crippen molar-refractivity contribution in [2.45, 2.75) is 51.7 Å². The third-order valence-electron chi connectivity index (χ3n) is 6.61. The summed E-state index contributed by atoms with van der Waals surface area (Å²) in [6, 6.07) is 10.6. The molecule has 2 fully saturated rings. The summed E-state index contributed by atoms with van der Waals surface area (Å²) in [5, 5.41) is 12.4. The number of likely N-dealkylation sites (tertiary alicyclic amines) is 1. The summed E-state index contributed by atoms with van der Waals surface area (Å²) in [6.45, 7) is 6.87. The molecule has 0 radical (unpaired) electrons. The van der Waals surface area contributed by atoms with Gasteiger partial charge in [0, 0.05) is 44.7 Å². The predicted molar refractivity (Wildman–Crippen MR) is 109 cm³/mol. The molecule has 2 aliphatic rings. The minimum absolute atomic E-state index is 0.0535. The quantitative estimate of drug-likeness (QED) is 0.754. The summed E-state index contributed by atoms with van der Waals surface area (Å²) < 4.78 is 0. The van der Waals surface area contributed by atoms with Gasteiger partial charge in [0.1, 0.15) is 0 Å². The van der Waals surface area contributed by atoms with Crippen LogP contribution < -0.4 is 5.32 Å². The lowest BCUT2D eigenvalue weighted by Crippen LogP contribution is -2.44. The standard InChI is InChI=1S/C22H33N3O3/c1-15(11-16(2)24(3)22(27)28)21(26)23-20-10-9-18-13-25(14-19(18)20)12-17-7-5-4-6-8-17/h4-8,15-16,18-20H,9-14H2,1-3H3,(H,23,26)(H,27,28)/t15-,16?,18+,19-,20+/m0/s1. The Morgan fingerprint density at radius 2 is 1.93 bits per heavy atom. The van der Waals surface area contributed by atoms with E-state index in [2.05, 4.69) is 34.5 Å². The molecule has 1 unspecified atom stereocenters. The van der Waals surface area contributed by atoms with Crippen LogP contribution in [0, 0.1) is 17.8 Å². The van der Waals surface area contributed by atoms with E-state index in [4.69, 9.17) is 5.11 Å². The van der Waals surface area contributed by atoms with Crippen molar-refractivity contribution in [3.8, 4) is 0 Å². The maximum Gasteiger partial charge on any atom is 0.407 e. The van der Waals surface area contributed by atoms with Crippen molar-refractivity contribution in [3.63, 3.8) is 0 Å². The molecule has 5 atom stereocenters. The minimum atomic E-state index is -0.955. The summed E-state index contributed by atoms with van der Waals surface area (Å²) >= 11 is 0. The van der Waals surface area contributed by atoms with Crippen molar-refractivity contribution in [3.05, 3.63) is 35.9 Å². The van der Waals surface area contributed by atoms with Crippen molar-refractivity contribution >= 4 is 12.0 Å². The molecule has 28 heavy (non-hydrogen) atoms. The third-order valence-corrected chi connectivity index (χ3v) is 6.61. The molecule has 1 saturated heterocycles. The van der Waals surface area contributed by atoms with Gasteiger partial charge in [-0.2, -0.15) is 0 Å². The molecule has 1 heterocycles. The fourth-order valence-electron chi connectivity index (χ4n) is 4.80. The van der Waals surface area contributed by atoms with Crippen LogP contribution in [-0.2, 0) is 11.3 Å². The zero-order valence-electron chi connectivity index (χ0n) is 17.2. The number of fused-ring (bicyclic) bond motifs is 1. The maximum atomic E-state index is 12.7. The van der Waals surface area contributed by atoms with Crippen LogP contribution in [-0.4, -0.2) is 59.1 Å². The van der Waals surface area contributed by atoms with Crippen molar-refractivity contribution in [1.82, 2.24) is 15.1 Å². The average molecular weight is 388 g/mol. The van der Waals surface area contributed by atoms with E-state index in [9.17, 15) is 9.59 Å². The van der Waals surface area contributed by atoms with Gasteiger partial charge in [0.25, 0.3) is 0 Å². The summed E-state index contributed by atoms with van der Waals surface area (Å²) in [4.78, 5) is 27.6. The molecular formula is C22H33N3O3. The molecule has 1 saturated carbocycles. The Kier molecular flexibility index (Phi) is 6.60. The van der Waals surface area contributed by atoms with Crippen LogP contribution in [0.1, 0.15) is 38.7 Å². The molecule has 6 nitrogen and oxygen atoms in total. The Morgan fingerprint density at radius 1 is 1.21 bits per heavy atom. The Morgan fingerprint density at radius 3 is 2.61 bits per heavy atom. The number of rotatable bonds is 7. The van der Waals surface area contributed by atoms with Crippen LogP contribution in [0.3, 0.4) is 0 Å². The lowest BCUT2D eigenvalue weighted by molar-refractivity contribution is -0.126. The highest BCUT2D eigenvalue weighted by Gasteiger charge is 2.43. The molecule has 3 rings (SSSR count). The van der Waals surface area contributed by atoms with E-state index in [0.717, 1.165) is 26.1 Å². The van der Waals surface area contributed by atoms with Crippen LogP contribution in [0.4, 0.5) is 4.79 Å². The number of benzene rings is 1. The topological polar surface area (TPSA) is 72.9 Å². The van der Waals surface area contributed by atoms with Crippen LogP contribution in [0.25, 0.3) is 0 Å². The van der Waals surface area contributed by atoms with Crippen molar-refractivity contribution < 1.29 is 14.7 Å². The second-order valence-corrected chi connectivity index (χ2v) is 8.68. The molecular weight excluding hydrogens is 354 g/mol. The number of amides is 2. The van der Waals surface area contributed by atoms with Gasteiger partial charge < -0.3 is 15.3 Å². The summed E-state index contributed by atoms with van der Waals surface area (Å²) in [5.41, 5.74) is 1.34.